The van der Waals surface area contributed by atoms with Gasteiger partial charge in [0.25, 0.3) is 10.0 Å². The molecule has 0 aliphatic carbocycles. The fourth-order valence-corrected chi connectivity index (χ4v) is 3.64. The molecule has 0 radical (unpaired) electrons. The zero-order chi connectivity index (χ0) is 17.0. The highest BCUT2D eigenvalue weighted by Gasteiger charge is 2.13. The molecule has 0 atom stereocenters. The highest BCUT2D eigenvalue weighted by Crippen LogP contribution is 2.20. The molecule has 1 aliphatic heterocycles. The quantitative estimate of drug-likeness (QED) is 0.610. The number of sulfonamides is 1. The van der Waals surface area contributed by atoms with E-state index < -0.39 is 10.0 Å². The predicted octanol–water partition coefficient (Wildman–Crippen LogP) is 3.36. The van der Waals surface area contributed by atoms with Crippen LogP contribution in [0.1, 0.15) is 18.4 Å². The van der Waals surface area contributed by atoms with Crippen molar-refractivity contribution < 1.29 is 8.42 Å². The van der Waals surface area contributed by atoms with Crippen molar-refractivity contribution in [2.24, 2.45) is 5.10 Å². The molecule has 0 amide bonds. The van der Waals surface area contributed by atoms with Crippen molar-refractivity contribution in [3.63, 3.8) is 0 Å². The fourth-order valence-electron chi connectivity index (χ4n) is 2.58. The van der Waals surface area contributed by atoms with E-state index in [4.69, 9.17) is 0 Å². The summed E-state index contributed by atoms with van der Waals surface area (Å²) in [6, 6.07) is 14.3. The third-order valence-electron chi connectivity index (χ3n) is 3.87. The Bertz CT molecular complexity index is 812. The molecule has 5 nitrogen and oxygen atoms in total. The van der Waals surface area contributed by atoms with Crippen LogP contribution in [0.15, 0.2) is 63.0 Å². The maximum absolute atomic E-state index is 12.1. The van der Waals surface area contributed by atoms with E-state index in [1.165, 1.54) is 36.9 Å². The number of anilines is 1. The lowest BCUT2D eigenvalue weighted by Crippen LogP contribution is -2.18. The molecule has 0 bridgehead atoms. The van der Waals surface area contributed by atoms with Crippen molar-refractivity contribution in [1.29, 1.82) is 0 Å². The molecule has 1 saturated heterocycles. The highest BCUT2D eigenvalue weighted by molar-refractivity contribution is 9.10. The number of hydrazone groups is 1. The van der Waals surface area contributed by atoms with Gasteiger partial charge in [-0.25, -0.2) is 4.83 Å². The molecule has 24 heavy (non-hydrogen) atoms. The SMILES string of the molecule is O=S(=O)(N/N=C/c1ccc(N2CCCC2)cc1)c1ccc(Br)cc1. The summed E-state index contributed by atoms with van der Waals surface area (Å²) < 4.78 is 25.1. The number of benzene rings is 2. The van der Waals surface area contributed by atoms with E-state index in [0.29, 0.717) is 0 Å². The summed E-state index contributed by atoms with van der Waals surface area (Å²) in [5, 5.41) is 3.85. The molecule has 1 N–H and O–H groups in total. The minimum Gasteiger partial charge on any atom is -0.372 e. The largest absolute Gasteiger partial charge is 0.372 e. The van der Waals surface area contributed by atoms with E-state index in [0.717, 1.165) is 23.1 Å². The molecule has 0 spiro atoms. The van der Waals surface area contributed by atoms with Crippen molar-refractivity contribution >= 4 is 37.9 Å². The Morgan fingerprint density at radius 3 is 2.25 bits per heavy atom. The van der Waals surface area contributed by atoms with Crippen LogP contribution in [-0.4, -0.2) is 27.7 Å². The summed E-state index contributed by atoms with van der Waals surface area (Å²) in [6.07, 6.45) is 3.98. The van der Waals surface area contributed by atoms with Gasteiger partial charge in [-0.05, 0) is 54.8 Å². The lowest BCUT2D eigenvalue weighted by atomic mass is 10.2. The monoisotopic (exact) mass is 407 g/mol. The molecule has 1 fully saturated rings. The Kier molecular flexibility index (Phi) is 5.20. The second-order valence-electron chi connectivity index (χ2n) is 5.59. The van der Waals surface area contributed by atoms with Gasteiger partial charge in [0.05, 0.1) is 11.1 Å². The summed E-state index contributed by atoms with van der Waals surface area (Å²) in [4.78, 5) is 4.75. The van der Waals surface area contributed by atoms with Gasteiger partial charge < -0.3 is 4.90 Å². The summed E-state index contributed by atoms with van der Waals surface area (Å²) in [5.41, 5.74) is 2.04. The Hall–Kier alpha value is -1.86. The zero-order valence-corrected chi connectivity index (χ0v) is 15.4. The van der Waals surface area contributed by atoms with Gasteiger partial charge in [0.15, 0.2) is 0 Å². The molecular formula is C17H18BrN3O2S. The van der Waals surface area contributed by atoms with Gasteiger partial charge in [-0.2, -0.15) is 13.5 Å². The Morgan fingerprint density at radius 2 is 1.62 bits per heavy atom. The van der Waals surface area contributed by atoms with E-state index in [1.807, 2.05) is 24.3 Å². The van der Waals surface area contributed by atoms with Crippen LogP contribution in [0.4, 0.5) is 5.69 Å². The minimum atomic E-state index is -3.65. The van der Waals surface area contributed by atoms with E-state index in [1.54, 1.807) is 12.1 Å². The second kappa shape index (κ2) is 7.36. The summed E-state index contributed by atoms with van der Waals surface area (Å²) in [6.45, 7) is 2.20. The van der Waals surface area contributed by atoms with Crippen molar-refractivity contribution in [3.8, 4) is 0 Å². The van der Waals surface area contributed by atoms with Gasteiger partial charge >= 0.3 is 0 Å². The summed E-state index contributed by atoms with van der Waals surface area (Å²) in [7, 11) is -3.65. The zero-order valence-electron chi connectivity index (χ0n) is 13.0. The van der Waals surface area contributed by atoms with Crippen molar-refractivity contribution in [2.75, 3.05) is 18.0 Å². The summed E-state index contributed by atoms with van der Waals surface area (Å²) in [5.74, 6) is 0. The maximum Gasteiger partial charge on any atom is 0.276 e. The molecule has 0 saturated carbocycles. The number of hydrogen-bond acceptors (Lipinski definition) is 4. The van der Waals surface area contributed by atoms with Crippen molar-refractivity contribution in [2.45, 2.75) is 17.7 Å². The standard InChI is InChI=1S/C17H18BrN3O2S/c18-15-5-9-17(10-6-15)24(22,23)20-19-13-14-3-7-16(8-4-14)21-11-1-2-12-21/h3-10,13,20H,1-2,11-12H2/b19-13+. The highest BCUT2D eigenvalue weighted by atomic mass is 79.9. The Balaban J connectivity index is 1.64. The van der Waals surface area contributed by atoms with Gasteiger partial charge in [0.2, 0.25) is 0 Å². The molecule has 7 heteroatoms. The van der Waals surface area contributed by atoms with Crippen molar-refractivity contribution in [1.82, 2.24) is 4.83 Å². The first kappa shape index (κ1) is 17.0. The molecule has 126 valence electrons. The number of nitrogens with zero attached hydrogens (tertiary/aromatic N) is 2. The summed E-state index contributed by atoms with van der Waals surface area (Å²) >= 11 is 3.28. The first-order valence-electron chi connectivity index (χ1n) is 7.70. The Morgan fingerprint density at radius 1 is 1.00 bits per heavy atom. The predicted molar refractivity (Wildman–Crippen MR) is 99.9 cm³/mol. The topological polar surface area (TPSA) is 61.8 Å². The first-order valence-corrected chi connectivity index (χ1v) is 9.98. The van der Waals surface area contributed by atoms with Crippen LogP contribution in [-0.2, 0) is 10.0 Å². The average Bonchev–Trinajstić information content (AvgIpc) is 3.10. The van der Waals surface area contributed by atoms with E-state index in [9.17, 15) is 8.42 Å². The van der Waals surface area contributed by atoms with Crippen LogP contribution in [0.3, 0.4) is 0 Å². The molecule has 1 aliphatic rings. The molecule has 3 rings (SSSR count). The fraction of sp³-hybridized carbons (Fsp3) is 0.235. The smallest absolute Gasteiger partial charge is 0.276 e. The van der Waals surface area contributed by atoms with E-state index in [2.05, 4.69) is 30.8 Å². The van der Waals surface area contributed by atoms with E-state index in [-0.39, 0.29) is 4.90 Å². The third-order valence-corrected chi connectivity index (χ3v) is 5.64. The maximum atomic E-state index is 12.1. The van der Waals surface area contributed by atoms with Gasteiger partial charge in [-0.3, -0.25) is 0 Å². The number of hydrogen-bond donors (Lipinski definition) is 1. The molecule has 2 aromatic rings. The normalized spacial score (nSPS) is 15.1. The van der Waals surface area contributed by atoms with E-state index >= 15 is 0 Å². The van der Waals surface area contributed by atoms with Gasteiger partial charge in [-0.15, -0.1) is 0 Å². The first-order chi connectivity index (χ1) is 11.5. The molecular weight excluding hydrogens is 390 g/mol. The molecule has 0 unspecified atom stereocenters. The third kappa shape index (κ3) is 4.15. The number of halogens is 1. The van der Waals surface area contributed by atoms with Crippen LogP contribution in [0, 0.1) is 0 Å². The lowest BCUT2D eigenvalue weighted by molar-refractivity contribution is 0.584. The van der Waals surface area contributed by atoms with Crippen LogP contribution < -0.4 is 9.73 Å². The van der Waals surface area contributed by atoms with Crippen LogP contribution >= 0.6 is 15.9 Å². The van der Waals surface area contributed by atoms with Crippen LogP contribution in [0.5, 0.6) is 0 Å². The van der Waals surface area contributed by atoms with Crippen molar-refractivity contribution in [3.05, 3.63) is 58.6 Å². The minimum absolute atomic E-state index is 0.173. The number of nitrogens with one attached hydrogen (secondary N) is 1. The van der Waals surface area contributed by atoms with Crippen LogP contribution in [0.25, 0.3) is 0 Å². The molecule has 2 aromatic carbocycles. The lowest BCUT2D eigenvalue weighted by Gasteiger charge is -2.17. The Labute approximate surface area is 150 Å². The average molecular weight is 408 g/mol. The van der Waals surface area contributed by atoms with Gasteiger partial charge in [0.1, 0.15) is 0 Å². The molecule has 1 heterocycles. The molecule has 0 aromatic heterocycles. The van der Waals surface area contributed by atoms with Gasteiger partial charge in [-0.1, -0.05) is 28.1 Å². The number of rotatable bonds is 5. The van der Waals surface area contributed by atoms with Gasteiger partial charge in [0, 0.05) is 23.2 Å². The van der Waals surface area contributed by atoms with Crippen LogP contribution in [0.2, 0.25) is 0 Å². The second-order valence-corrected chi connectivity index (χ2v) is 8.17.